The third-order valence-electron chi connectivity index (χ3n) is 5.74. The third kappa shape index (κ3) is 4.06. The van der Waals surface area contributed by atoms with Crippen LogP contribution in [-0.4, -0.2) is 45.2 Å². The monoisotopic (exact) mass is 389 g/mol. The van der Waals surface area contributed by atoms with Gasteiger partial charge in [-0.25, -0.2) is 8.78 Å². The van der Waals surface area contributed by atoms with Crippen LogP contribution in [-0.2, 0) is 30.7 Å². The molecule has 2 heterocycles. The molecular weight excluding hydrogens is 364 g/mol. The van der Waals surface area contributed by atoms with E-state index in [1.54, 1.807) is 6.07 Å². The molecule has 6 nitrogen and oxygen atoms in total. The van der Waals surface area contributed by atoms with Gasteiger partial charge in [0.05, 0.1) is 0 Å². The summed E-state index contributed by atoms with van der Waals surface area (Å²) in [4.78, 5) is 14.1. The molecule has 1 aromatic heterocycles. The summed E-state index contributed by atoms with van der Waals surface area (Å²) in [6.07, 6.45) is 4.48. The molecule has 4 rings (SSSR count). The van der Waals surface area contributed by atoms with Crippen LogP contribution in [0.25, 0.3) is 0 Å². The Morgan fingerprint density at radius 2 is 2.04 bits per heavy atom. The molecular formula is C20H25F2N5O. The van der Waals surface area contributed by atoms with Gasteiger partial charge in [-0.2, -0.15) is 0 Å². The van der Waals surface area contributed by atoms with Gasteiger partial charge in [0.25, 0.3) is 0 Å². The average Bonchev–Trinajstić information content (AvgIpc) is 2.90. The number of nitrogens with zero attached hydrogens (tertiary/aromatic N) is 4. The van der Waals surface area contributed by atoms with Crippen molar-refractivity contribution in [2.24, 2.45) is 5.92 Å². The van der Waals surface area contributed by atoms with Gasteiger partial charge in [0.2, 0.25) is 5.91 Å². The standard InChI is InChI=1S/C20H25F2N5O/c21-16-6-2-5-15(19(16)22)13-26-10-8-18-25-24-17(27(18)12-11-26)7-9-23-20(28)14-3-1-4-14/h2,5-6,14H,1,3-4,7-13H2,(H,23,28). The lowest BCUT2D eigenvalue weighted by molar-refractivity contribution is -0.127. The number of amides is 1. The molecule has 0 bridgehead atoms. The van der Waals surface area contributed by atoms with Crippen molar-refractivity contribution in [2.45, 2.75) is 45.2 Å². The van der Waals surface area contributed by atoms with E-state index in [1.807, 2.05) is 0 Å². The lowest BCUT2D eigenvalue weighted by atomic mass is 9.85. The van der Waals surface area contributed by atoms with Crippen LogP contribution in [0.3, 0.4) is 0 Å². The van der Waals surface area contributed by atoms with E-state index >= 15 is 0 Å². The summed E-state index contributed by atoms with van der Waals surface area (Å²) in [5.74, 6) is 0.521. The van der Waals surface area contributed by atoms with Crippen molar-refractivity contribution in [1.82, 2.24) is 25.0 Å². The molecule has 2 aliphatic rings. The summed E-state index contributed by atoms with van der Waals surface area (Å²) in [5, 5.41) is 11.6. The first-order valence-electron chi connectivity index (χ1n) is 9.95. The van der Waals surface area contributed by atoms with Gasteiger partial charge in [0, 0.05) is 57.0 Å². The fourth-order valence-corrected chi connectivity index (χ4v) is 3.79. The van der Waals surface area contributed by atoms with Crippen LogP contribution in [0.1, 0.15) is 36.5 Å². The summed E-state index contributed by atoms with van der Waals surface area (Å²) in [5.41, 5.74) is 0.372. The summed E-state index contributed by atoms with van der Waals surface area (Å²) in [6, 6.07) is 4.30. The van der Waals surface area contributed by atoms with Crippen molar-refractivity contribution in [1.29, 1.82) is 0 Å². The number of fused-ring (bicyclic) bond motifs is 1. The molecule has 150 valence electrons. The Labute approximate surface area is 162 Å². The number of benzene rings is 1. The van der Waals surface area contributed by atoms with Crippen molar-refractivity contribution in [3.05, 3.63) is 47.0 Å². The Bertz CT molecular complexity index is 849. The van der Waals surface area contributed by atoms with Gasteiger partial charge in [0.15, 0.2) is 11.6 Å². The van der Waals surface area contributed by atoms with Crippen LogP contribution >= 0.6 is 0 Å². The van der Waals surface area contributed by atoms with E-state index in [-0.39, 0.29) is 11.8 Å². The average molecular weight is 389 g/mol. The van der Waals surface area contributed by atoms with E-state index in [9.17, 15) is 13.6 Å². The Morgan fingerprint density at radius 3 is 2.82 bits per heavy atom. The number of aromatic nitrogens is 3. The molecule has 1 N–H and O–H groups in total. The number of carbonyl (C=O) groups is 1. The maximum absolute atomic E-state index is 14.0. The number of hydrogen-bond donors (Lipinski definition) is 1. The number of hydrogen-bond acceptors (Lipinski definition) is 4. The molecule has 1 aromatic carbocycles. The van der Waals surface area contributed by atoms with E-state index < -0.39 is 11.6 Å². The van der Waals surface area contributed by atoms with Crippen LogP contribution in [0.15, 0.2) is 18.2 Å². The highest BCUT2D eigenvalue weighted by Gasteiger charge is 2.25. The zero-order valence-electron chi connectivity index (χ0n) is 15.8. The first-order chi connectivity index (χ1) is 13.6. The van der Waals surface area contributed by atoms with Gasteiger partial charge in [0.1, 0.15) is 11.6 Å². The predicted molar refractivity (Wildman–Crippen MR) is 99.4 cm³/mol. The Kier molecular flexibility index (Phi) is 5.66. The molecule has 2 aromatic rings. The lowest BCUT2D eigenvalue weighted by Gasteiger charge is -2.24. The Balaban J connectivity index is 1.33. The second kappa shape index (κ2) is 8.34. The van der Waals surface area contributed by atoms with E-state index in [1.165, 1.54) is 6.07 Å². The largest absolute Gasteiger partial charge is 0.355 e. The SMILES string of the molecule is O=C(NCCc1nnc2n1CCN(Cc1cccc(F)c1F)CC2)C1CCC1. The van der Waals surface area contributed by atoms with Crippen molar-refractivity contribution in [2.75, 3.05) is 19.6 Å². The van der Waals surface area contributed by atoms with Gasteiger partial charge < -0.3 is 9.88 Å². The minimum Gasteiger partial charge on any atom is -0.355 e. The highest BCUT2D eigenvalue weighted by atomic mass is 19.2. The predicted octanol–water partition coefficient (Wildman–Crippen LogP) is 2.07. The van der Waals surface area contributed by atoms with Gasteiger partial charge in [-0.1, -0.05) is 18.6 Å². The molecule has 1 fully saturated rings. The molecule has 0 spiro atoms. The Hall–Kier alpha value is -2.35. The van der Waals surface area contributed by atoms with Gasteiger partial charge in [-0.15, -0.1) is 10.2 Å². The molecule has 1 aliphatic heterocycles. The van der Waals surface area contributed by atoms with E-state index in [4.69, 9.17) is 0 Å². The highest BCUT2D eigenvalue weighted by Crippen LogP contribution is 2.26. The number of carbonyl (C=O) groups excluding carboxylic acids is 1. The van der Waals surface area contributed by atoms with Crippen LogP contribution in [0.5, 0.6) is 0 Å². The molecule has 8 heteroatoms. The van der Waals surface area contributed by atoms with Crippen molar-refractivity contribution >= 4 is 5.91 Å². The van der Waals surface area contributed by atoms with E-state index in [0.717, 1.165) is 37.0 Å². The van der Waals surface area contributed by atoms with Crippen molar-refractivity contribution in [3.8, 4) is 0 Å². The summed E-state index contributed by atoms with van der Waals surface area (Å²) in [7, 11) is 0. The molecule has 0 atom stereocenters. The van der Waals surface area contributed by atoms with Crippen LogP contribution in [0.2, 0.25) is 0 Å². The van der Waals surface area contributed by atoms with Gasteiger partial charge >= 0.3 is 0 Å². The molecule has 1 aliphatic carbocycles. The third-order valence-corrected chi connectivity index (χ3v) is 5.74. The molecule has 0 unspecified atom stereocenters. The first-order valence-corrected chi connectivity index (χ1v) is 9.95. The zero-order valence-corrected chi connectivity index (χ0v) is 15.8. The smallest absolute Gasteiger partial charge is 0.223 e. The van der Waals surface area contributed by atoms with Crippen LogP contribution in [0.4, 0.5) is 8.78 Å². The number of nitrogens with one attached hydrogen (secondary N) is 1. The minimum absolute atomic E-state index is 0.144. The second-order valence-electron chi connectivity index (χ2n) is 7.59. The van der Waals surface area contributed by atoms with E-state index in [2.05, 4.69) is 25.0 Å². The maximum atomic E-state index is 14.0. The number of rotatable bonds is 6. The molecule has 1 saturated carbocycles. The van der Waals surface area contributed by atoms with Crippen LogP contribution < -0.4 is 5.32 Å². The van der Waals surface area contributed by atoms with Crippen LogP contribution in [0, 0.1) is 17.6 Å². The fraction of sp³-hybridized carbons (Fsp3) is 0.550. The zero-order chi connectivity index (χ0) is 19.5. The Morgan fingerprint density at radius 1 is 1.18 bits per heavy atom. The number of halogens is 2. The maximum Gasteiger partial charge on any atom is 0.223 e. The molecule has 0 radical (unpaired) electrons. The van der Waals surface area contributed by atoms with Crippen molar-refractivity contribution in [3.63, 3.8) is 0 Å². The first kappa shape index (κ1) is 19.0. The minimum atomic E-state index is -0.810. The fourth-order valence-electron chi connectivity index (χ4n) is 3.79. The normalized spacial score (nSPS) is 17.6. The molecule has 28 heavy (non-hydrogen) atoms. The molecule has 1 amide bonds. The summed E-state index contributed by atoms with van der Waals surface area (Å²) < 4.78 is 29.5. The van der Waals surface area contributed by atoms with Gasteiger partial charge in [-0.3, -0.25) is 9.69 Å². The van der Waals surface area contributed by atoms with E-state index in [0.29, 0.717) is 51.1 Å². The second-order valence-corrected chi connectivity index (χ2v) is 7.59. The topological polar surface area (TPSA) is 63.1 Å². The molecule has 0 saturated heterocycles. The highest BCUT2D eigenvalue weighted by molar-refractivity contribution is 5.79. The quantitative estimate of drug-likeness (QED) is 0.822. The lowest BCUT2D eigenvalue weighted by Crippen LogP contribution is -2.35. The van der Waals surface area contributed by atoms with Crippen molar-refractivity contribution < 1.29 is 13.6 Å². The summed E-state index contributed by atoms with van der Waals surface area (Å²) >= 11 is 0. The summed E-state index contributed by atoms with van der Waals surface area (Å²) in [6.45, 7) is 3.06. The van der Waals surface area contributed by atoms with Gasteiger partial charge in [-0.05, 0) is 18.9 Å².